The van der Waals surface area contributed by atoms with Gasteiger partial charge in [0.25, 0.3) is 17.4 Å². The molecule has 2 aromatic heterocycles. The van der Waals surface area contributed by atoms with Crippen molar-refractivity contribution in [3.05, 3.63) is 69.4 Å². The number of H-pyrrole nitrogens is 1. The minimum absolute atomic E-state index is 0.0769. The van der Waals surface area contributed by atoms with Crippen LogP contribution in [0.3, 0.4) is 0 Å². The molecule has 0 saturated carbocycles. The Morgan fingerprint density at radius 3 is 2.60 bits per heavy atom. The molecule has 4 rings (SSSR count). The lowest BCUT2D eigenvalue weighted by Crippen LogP contribution is -2.31. The molecule has 2 atom stereocenters. The summed E-state index contributed by atoms with van der Waals surface area (Å²) in [5, 5.41) is 2.90. The van der Waals surface area contributed by atoms with E-state index in [0.29, 0.717) is 12.5 Å². The molecule has 3 heterocycles. The number of nitrogens with one attached hydrogen (secondary N) is 1. The average Bonchev–Trinajstić information content (AvgIpc) is 3.29. The zero-order chi connectivity index (χ0) is 21.4. The molecule has 2 unspecified atom stereocenters. The maximum absolute atomic E-state index is 13.3. The Balaban J connectivity index is 1.67. The van der Waals surface area contributed by atoms with Gasteiger partial charge in [0.1, 0.15) is 11.4 Å². The van der Waals surface area contributed by atoms with E-state index in [0.717, 1.165) is 29.1 Å². The van der Waals surface area contributed by atoms with Gasteiger partial charge in [-0.05, 0) is 49.9 Å². The van der Waals surface area contributed by atoms with E-state index in [2.05, 4.69) is 22.0 Å². The Bertz CT molecular complexity index is 1130. The summed E-state index contributed by atoms with van der Waals surface area (Å²) in [6, 6.07) is 10.8. The highest BCUT2D eigenvalue weighted by molar-refractivity contribution is 5.92. The largest absolute Gasteiger partial charge is 0.497 e. The molecule has 3 aromatic rings. The van der Waals surface area contributed by atoms with E-state index in [1.807, 2.05) is 49.1 Å². The molecule has 1 fully saturated rings. The molecule has 8 heteroatoms. The third kappa shape index (κ3) is 3.72. The van der Waals surface area contributed by atoms with Gasteiger partial charge in [0.05, 0.1) is 13.2 Å². The van der Waals surface area contributed by atoms with Crippen LogP contribution in [0.15, 0.2) is 41.2 Å². The molecular weight excluding hydrogens is 382 g/mol. The van der Waals surface area contributed by atoms with Gasteiger partial charge in [-0.3, -0.25) is 14.7 Å². The second kappa shape index (κ2) is 7.78. The van der Waals surface area contributed by atoms with Gasteiger partial charge in [0, 0.05) is 24.0 Å². The summed E-state index contributed by atoms with van der Waals surface area (Å²) in [5.74, 6) is 1.12. The molecule has 0 radical (unpaired) electrons. The minimum Gasteiger partial charge on any atom is -0.497 e. The number of aryl methyl sites for hydroxylation is 2. The van der Waals surface area contributed by atoms with Crippen LogP contribution in [0.25, 0.3) is 5.95 Å². The van der Waals surface area contributed by atoms with Gasteiger partial charge in [0.15, 0.2) is 0 Å². The number of ether oxygens (including phenoxy) is 1. The van der Waals surface area contributed by atoms with Crippen molar-refractivity contribution in [2.75, 3.05) is 13.7 Å². The molecule has 0 spiro atoms. The van der Waals surface area contributed by atoms with E-state index in [9.17, 15) is 9.59 Å². The van der Waals surface area contributed by atoms with Crippen LogP contribution in [-0.2, 0) is 0 Å². The third-order valence-corrected chi connectivity index (χ3v) is 5.37. The topological polar surface area (TPSA) is 93.1 Å². The van der Waals surface area contributed by atoms with Crippen molar-refractivity contribution < 1.29 is 9.53 Å². The monoisotopic (exact) mass is 407 g/mol. The highest BCUT2D eigenvalue weighted by atomic mass is 16.5. The Kier molecular flexibility index (Phi) is 5.15. The van der Waals surface area contributed by atoms with Crippen LogP contribution in [0.2, 0.25) is 0 Å². The van der Waals surface area contributed by atoms with Crippen LogP contribution >= 0.6 is 0 Å². The second-order valence-electron chi connectivity index (χ2n) is 7.88. The Morgan fingerprint density at radius 1 is 1.17 bits per heavy atom. The lowest BCUT2D eigenvalue weighted by molar-refractivity contribution is 0.0725. The van der Waals surface area contributed by atoms with Crippen molar-refractivity contribution >= 4 is 5.91 Å². The highest BCUT2D eigenvalue weighted by Crippen LogP contribution is 2.37. The van der Waals surface area contributed by atoms with Gasteiger partial charge in [-0.1, -0.05) is 19.1 Å². The van der Waals surface area contributed by atoms with Crippen molar-refractivity contribution in [1.29, 1.82) is 0 Å². The van der Waals surface area contributed by atoms with Crippen LogP contribution in [0.4, 0.5) is 0 Å². The van der Waals surface area contributed by atoms with E-state index in [-0.39, 0.29) is 29.2 Å². The summed E-state index contributed by atoms with van der Waals surface area (Å²) < 4.78 is 6.56. The number of amides is 1. The number of nitrogens with zero attached hydrogens (tertiary/aromatic N) is 4. The number of aromatic amines is 1. The van der Waals surface area contributed by atoms with Crippen molar-refractivity contribution in [2.45, 2.75) is 33.2 Å². The lowest BCUT2D eigenvalue weighted by atomic mass is 10.0. The number of hydrogen-bond acceptors (Lipinski definition) is 5. The number of rotatable bonds is 4. The maximum Gasteiger partial charge on any atom is 0.274 e. The van der Waals surface area contributed by atoms with E-state index in [4.69, 9.17) is 4.74 Å². The standard InChI is InChI=1S/C22H25N5O3/c1-13-8-19(16-6-5-7-17(10-16)30-4)26(12-13)21(29)18-11-20(28)27(25-18)22-23-14(2)9-15(3)24-22/h5-7,9-11,13,19,25H,8,12H2,1-4H3. The SMILES string of the molecule is COc1cccc(C2CC(C)CN2C(=O)c2cc(=O)n(-c3nc(C)cc(C)n3)[nH]2)c1. The van der Waals surface area contributed by atoms with Gasteiger partial charge in [-0.2, -0.15) is 4.68 Å². The zero-order valence-corrected chi connectivity index (χ0v) is 17.5. The summed E-state index contributed by atoms with van der Waals surface area (Å²) in [5.41, 5.74) is 2.38. The van der Waals surface area contributed by atoms with Crippen LogP contribution in [0, 0.1) is 19.8 Å². The van der Waals surface area contributed by atoms with E-state index < -0.39 is 0 Å². The van der Waals surface area contributed by atoms with Crippen molar-refractivity contribution in [3.63, 3.8) is 0 Å². The molecule has 1 saturated heterocycles. The number of carbonyl (C=O) groups excluding carboxylic acids is 1. The first kappa shape index (κ1) is 19.9. The number of aromatic nitrogens is 4. The van der Waals surface area contributed by atoms with Crippen LogP contribution in [0.1, 0.15) is 46.8 Å². The van der Waals surface area contributed by atoms with E-state index in [1.54, 1.807) is 7.11 Å². The van der Waals surface area contributed by atoms with Gasteiger partial charge >= 0.3 is 0 Å². The number of benzene rings is 1. The van der Waals surface area contributed by atoms with Crippen molar-refractivity contribution in [3.8, 4) is 11.7 Å². The van der Waals surface area contributed by atoms with Gasteiger partial charge in [-0.15, -0.1) is 0 Å². The highest BCUT2D eigenvalue weighted by Gasteiger charge is 2.35. The molecule has 1 aliphatic rings. The predicted molar refractivity (Wildman–Crippen MR) is 112 cm³/mol. The van der Waals surface area contributed by atoms with Crippen LogP contribution in [-0.4, -0.2) is 44.2 Å². The first-order chi connectivity index (χ1) is 14.4. The average molecular weight is 407 g/mol. The summed E-state index contributed by atoms with van der Waals surface area (Å²) in [7, 11) is 1.63. The quantitative estimate of drug-likeness (QED) is 0.718. The molecule has 156 valence electrons. The number of likely N-dealkylation sites (tertiary alicyclic amines) is 1. The molecule has 1 aromatic carbocycles. The van der Waals surface area contributed by atoms with Gasteiger partial charge < -0.3 is 9.64 Å². The Morgan fingerprint density at radius 2 is 1.90 bits per heavy atom. The molecule has 8 nitrogen and oxygen atoms in total. The molecular formula is C22H25N5O3. The molecule has 30 heavy (non-hydrogen) atoms. The minimum atomic E-state index is -0.367. The fourth-order valence-corrected chi connectivity index (χ4v) is 4.05. The van der Waals surface area contributed by atoms with Crippen LogP contribution in [0.5, 0.6) is 5.75 Å². The van der Waals surface area contributed by atoms with Crippen molar-refractivity contribution in [2.24, 2.45) is 5.92 Å². The molecule has 1 amide bonds. The summed E-state index contributed by atoms with van der Waals surface area (Å²) in [4.78, 5) is 36.3. The number of methoxy groups -OCH3 is 1. The normalized spacial score (nSPS) is 18.6. The first-order valence-electron chi connectivity index (χ1n) is 9.95. The maximum atomic E-state index is 13.3. The van der Waals surface area contributed by atoms with E-state index in [1.165, 1.54) is 10.7 Å². The Labute approximate surface area is 174 Å². The number of hydrogen-bond donors (Lipinski definition) is 1. The smallest absolute Gasteiger partial charge is 0.274 e. The molecule has 1 aliphatic heterocycles. The predicted octanol–water partition coefficient (Wildman–Crippen LogP) is 2.80. The van der Waals surface area contributed by atoms with E-state index >= 15 is 0 Å². The zero-order valence-electron chi connectivity index (χ0n) is 17.5. The second-order valence-corrected chi connectivity index (χ2v) is 7.88. The summed E-state index contributed by atoms with van der Waals surface area (Å²) in [6.45, 7) is 6.41. The Hall–Kier alpha value is -3.42. The first-order valence-corrected chi connectivity index (χ1v) is 9.95. The van der Waals surface area contributed by atoms with Crippen LogP contribution < -0.4 is 10.3 Å². The number of carbonyl (C=O) groups is 1. The fraction of sp³-hybridized carbons (Fsp3) is 0.364. The van der Waals surface area contributed by atoms with Gasteiger partial charge in [0.2, 0.25) is 0 Å². The molecule has 1 N–H and O–H groups in total. The third-order valence-electron chi connectivity index (χ3n) is 5.37. The lowest BCUT2D eigenvalue weighted by Gasteiger charge is -2.24. The van der Waals surface area contributed by atoms with Crippen molar-refractivity contribution in [1.82, 2.24) is 24.6 Å². The fourth-order valence-electron chi connectivity index (χ4n) is 4.05. The summed E-state index contributed by atoms with van der Waals surface area (Å²) >= 11 is 0. The molecule has 0 bridgehead atoms. The molecule has 0 aliphatic carbocycles. The van der Waals surface area contributed by atoms with Gasteiger partial charge in [-0.25, -0.2) is 9.97 Å². The summed E-state index contributed by atoms with van der Waals surface area (Å²) in [6.07, 6.45) is 0.851.